The molecule has 4 aromatic rings. The SMILES string of the molecule is O=C(Nc1ccc(NC(=O)c2cnn(-c3cccc(Cl)c3)c2C(F)(F)F)cc1)c1ccco1. The summed E-state index contributed by atoms with van der Waals surface area (Å²) in [6.07, 6.45) is -2.65. The molecule has 11 heteroatoms. The van der Waals surface area contributed by atoms with Gasteiger partial charge in [-0.15, -0.1) is 0 Å². The van der Waals surface area contributed by atoms with Crippen LogP contribution in [0.4, 0.5) is 24.5 Å². The van der Waals surface area contributed by atoms with Crippen molar-refractivity contribution in [1.29, 1.82) is 0 Å². The molecule has 0 unspecified atom stereocenters. The van der Waals surface area contributed by atoms with Gasteiger partial charge in [-0.25, -0.2) is 4.68 Å². The Bertz CT molecular complexity index is 1300. The predicted octanol–water partition coefficient (Wildman–Crippen LogP) is 5.64. The van der Waals surface area contributed by atoms with Crippen molar-refractivity contribution < 1.29 is 27.2 Å². The highest BCUT2D eigenvalue weighted by atomic mass is 35.5. The van der Waals surface area contributed by atoms with E-state index in [-0.39, 0.29) is 22.2 Å². The number of carbonyl (C=O) groups excluding carboxylic acids is 2. The van der Waals surface area contributed by atoms with Crippen LogP contribution in [0.15, 0.2) is 77.5 Å². The highest BCUT2D eigenvalue weighted by molar-refractivity contribution is 6.30. The number of furan rings is 1. The number of hydrogen-bond donors (Lipinski definition) is 2. The van der Waals surface area contributed by atoms with E-state index >= 15 is 0 Å². The van der Waals surface area contributed by atoms with E-state index in [0.717, 1.165) is 6.20 Å². The van der Waals surface area contributed by atoms with E-state index in [0.29, 0.717) is 10.4 Å². The van der Waals surface area contributed by atoms with Crippen LogP contribution in [0, 0.1) is 0 Å². The number of benzene rings is 2. The second-order valence-electron chi connectivity index (χ2n) is 6.76. The van der Waals surface area contributed by atoms with Crippen LogP contribution in [-0.2, 0) is 6.18 Å². The van der Waals surface area contributed by atoms with Crippen LogP contribution in [0.5, 0.6) is 0 Å². The number of hydrogen-bond acceptors (Lipinski definition) is 4. The molecular weight excluding hydrogens is 461 g/mol. The number of alkyl halides is 3. The average molecular weight is 475 g/mol. The Hall–Kier alpha value is -4.05. The van der Waals surface area contributed by atoms with Crippen LogP contribution in [0.25, 0.3) is 5.69 Å². The van der Waals surface area contributed by atoms with Gasteiger partial charge in [-0.1, -0.05) is 17.7 Å². The quantitative estimate of drug-likeness (QED) is 0.391. The number of carbonyl (C=O) groups is 2. The lowest BCUT2D eigenvalue weighted by molar-refractivity contribution is -0.143. The number of nitrogens with zero attached hydrogens (tertiary/aromatic N) is 2. The molecule has 4 rings (SSSR count). The summed E-state index contributed by atoms with van der Waals surface area (Å²) in [5, 5.41) is 8.97. The van der Waals surface area contributed by atoms with Crippen molar-refractivity contribution in [2.45, 2.75) is 6.18 Å². The second-order valence-corrected chi connectivity index (χ2v) is 7.20. The van der Waals surface area contributed by atoms with Gasteiger partial charge in [0.2, 0.25) is 0 Å². The number of amides is 2. The van der Waals surface area contributed by atoms with Crippen LogP contribution in [0.3, 0.4) is 0 Å². The summed E-state index contributed by atoms with van der Waals surface area (Å²) >= 11 is 5.88. The Morgan fingerprint density at radius 1 is 0.939 bits per heavy atom. The molecule has 0 spiro atoms. The lowest BCUT2D eigenvalue weighted by atomic mass is 10.2. The van der Waals surface area contributed by atoms with Gasteiger partial charge in [-0.3, -0.25) is 9.59 Å². The van der Waals surface area contributed by atoms with Gasteiger partial charge in [0.05, 0.1) is 23.7 Å². The summed E-state index contributed by atoms with van der Waals surface area (Å²) < 4.78 is 47.0. The van der Waals surface area contributed by atoms with Crippen LogP contribution in [0.1, 0.15) is 26.6 Å². The van der Waals surface area contributed by atoms with Gasteiger partial charge in [-0.2, -0.15) is 18.3 Å². The number of nitrogens with one attached hydrogen (secondary N) is 2. The molecule has 2 amide bonds. The molecule has 2 N–H and O–H groups in total. The third kappa shape index (κ3) is 4.90. The maximum atomic E-state index is 13.8. The fourth-order valence-electron chi connectivity index (χ4n) is 3.03. The molecule has 7 nitrogen and oxygen atoms in total. The topological polar surface area (TPSA) is 89.2 Å². The van der Waals surface area contributed by atoms with E-state index in [9.17, 15) is 22.8 Å². The summed E-state index contributed by atoms with van der Waals surface area (Å²) in [7, 11) is 0. The van der Waals surface area contributed by atoms with Crippen LogP contribution in [-0.4, -0.2) is 21.6 Å². The third-order valence-corrected chi connectivity index (χ3v) is 4.72. The van der Waals surface area contributed by atoms with Gasteiger partial charge in [0.15, 0.2) is 11.5 Å². The minimum Gasteiger partial charge on any atom is -0.459 e. The number of aromatic nitrogens is 2. The first-order chi connectivity index (χ1) is 15.7. The molecular formula is C22H14ClF3N4O3. The molecule has 0 radical (unpaired) electrons. The van der Waals surface area contributed by atoms with E-state index in [1.54, 1.807) is 6.07 Å². The first-order valence-corrected chi connectivity index (χ1v) is 9.77. The van der Waals surface area contributed by atoms with Gasteiger partial charge in [0.1, 0.15) is 0 Å². The van der Waals surface area contributed by atoms with Crippen molar-refractivity contribution in [3.8, 4) is 5.69 Å². The van der Waals surface area contributed by atoms with Crippen molar-refractivity contribution in [2.75, 3.05) is 10.6 Å². The third-order valence-electron chi connectivity index (χ3n) is 4.48. The van der Waals surface area contributed by atoms with Gasteiger partial charge < -0.3 is 15.1 Å². The Morgan fingerprint density at radius 3 is 2.18 bits per heavy atom. The van der Waals surface area contributed by atoms with E-state index < -0.39 is 29.2 Å². The standard InChI is InChI=1S/C22H14ClF3N4O3/c23-13-3-1-4-16(11-13)30-19(22(24,25)26)17(12-27-30)20(31)28-14-6-8-15(9-7-14)29-21(32)18-5-2-10-33-18/h1-12H,(H,28,31)(H,29,32). The minimum atomic E-state index is -4.86. The molecule has 0 aliphatic carbocycles. The fraction of sp³-hybridized carbons (Fsp3) is 0.0455. The van der Waals surface area contributed by atoms with Gasteiger partial charge in [0, 0.05) is 16.4 Å². The first-order valence-electron chi connectivity index (χ1n) is 9.40. The summed E-state index contributed by atoms with van der Waals surface area (Å²) in [6, 6.07) is 14.6. The van der Waals surface area contributed by atoms with Gasteiger partial charge in [-0.05, 0) is 54.6 Å². The Kier molecular flexibility index (Phi) is 5.93. The molecule has 0 saturated heterocycles. The Balaban J connectivity index is 1.54. The number of rotatable bonds is 5. The monoisotopic (exact) mass is 474 g/mol. The minimum absolute atomic E-state index is 0.0607. The largest absolute Gasteiger partial charge is 0.459 e. The molecule has 33 heavy (non-hydrogen) atoms. The van der Waals surface area contributed by atoms with Crippen molar-refractivity contribution in [3.63, 3.8) is 0 Å². The maximum absolute atomic E-state index is 13.8. The van der Waals surface area contributed by atoms with Crippen molar-refractivity contribution in [2.24, 2.45) is 0 Å². The second kappa shape index (κ2) is 8.83. The lowest BCUT2D eigenvalue weighted by Gasteiger charge is -2.13. The molecule has 0 aliphatic rings. The van der Waals surface area contributed by atoms with E-state index in [1.807, 2.05) is 0 Å². The zero-order valence-corrected chi connectivity index (χ0v) is 17.3. The smallest absolute Gasteiger partial charge is 0.434 e. The summed E-state index contributed by atoms with van der Waals surface area (Å²) in [6.45, 7) is 0. The van der Waals surface area contributed by atoms with Crippen LogP contribution >= 0.6 is 11.6 Å². The average Bonchev–Trinajstić information content (AvgIpc) is 3.45. The Labute approximate surface area is 189 Å². The maximum Gasteiger partial charge on any atom is 0.434 e. The van der Waals surface area contributed by atoms with Crippen LogP contribution < -0.4 is 10.6 Å². The highest BCUT2D eigenvalue weighted by Gasteiger charge is 2.40. The van der Waals surface area contributed by atoms with Crippen molar-refractivity contribution in [3.05, 3.63) is 95.2 Å². The summed E-state index contributed by atoms with van der Waals surface area (Å²) in [5.74, 6) is -1.35. The highest BCUT2D eigenvalue weighted by Crippen LogP contribution is 2.34. The van der Waals surface area contributed by atoms with Crippen molar-refractivity contribution in [1.82, 2.24) is 9.78 Å². The zero-order valence-electron chi connectivity index (χ0n) is 16.6. The normalized spacial score (nSPS) is 11.3. The molecule has 2 heterocycles. The first kappa shape index (κ1) is 22.2. The molecule has 2 aromatic heterocycles. The van der Waals surface area contributed by atoms with Gasteiger partial charge >= 0.3 is 6.18 Å². The molecule has 0 fully saturated rings. The predicted molar refractivity (Wildman–Crippen MR) is 115 cm³/mol. The molecule has 0 aliphatic heterocycles. The molecule has 0 saturated carbocycles. The molecule has 2 aromatic carbocycles. The van der Waals surface area contributed by atoms with Crippen molar-refractivity contribution >= 4 is 34.8 Å². The summed E-state index contributed by atoms with van der Waals surface area (Å²) in [5.41, 5.74) is -1.20. The molecule has 0 atom stereocenters. The fourth-order valence-corrected chi connectivity index (χ4v) is 3.21. The number of anilines is 2. The molecule has 0 bridgehead atoms. The van der Waals surface area contributed by atoms with Crippen LogP contribution in [0.2, 0.25) is 5.02 Å². The van der Waals surface area contributed by atoms with E-state index in [4.69, 9.17) is 16.0 Å². The van der Waals surface area contributed by atoms with E-state index in [2.05, 4.69) is 15.7 Å². The number of halogens is 4. The lowest BCUT2D eigenvalue weighted by Crippen LogP contribution is -2.20. The Morgan fingerprint density at radius 2 is 1.61 bits per heavy atom. The van der Waals surface area contributed by atoms with E-state index in [1.165, 1.54) is 60.9 Å². The molecule has 168 valence electrons. The van der Waals surface area contributed by atoms with Gasteiger partial charge in [0.25, 0.3) is 11.8 Å². The zero-order chi connectivity index (χ0) is 23.6. The summed E-state index contributed by atoms with van der Waals surface area (Å²) in [4.78, 5) is 24.6.